The fourth-order valence-corrected chi connectivity index (χ4v) is 5.42. The predicted octanol–water partition coefficient (Wildman–Crippen LogP) is 3.17. The second-order valence-electron chi connectivity index (χ2n) is 6.00. The average molecular weight is 377 g/mol. The molecule has 0 aliphatic heterocycles. The van der Waals surface area contributed by atoms with Crippen LogP contribution in [0.15, 0.2) is 69.0 Å². The van der Waals surface area contributed by atoms with Crippen molar-refractivity contribution in [2.75, 3.05) is 4.72 Å². The quantitative estimate of drug-likeness (QED) is 0.737. The van der Waals surface area contributed by atoms with Crippen LogP contribution in [0.2, 0.25) is 0 Å². The number of furan rings is 1. The number of rotatable bonds is 5. The van der Waals surface area contributed by atoms with E-state index in [0.717, 1.165) is 0 Å². The molecule has 8 heteroatoms. The third kappa shape index (κ3) is 3.03. The average Bonchev–Trinajstić information content (AvgIpc) is 3.33. The standard InChI is InChI=1S/C17H15NO5S2/c19-24(20,14-4-5-14)15-3-1-2-13(11-15)18-25(21,22)16-6-7-17-12(10-16)8-9-23-17/h1-3,6-11,14,18H,4-5H2. The maximum absolute atomic E-state index is 12.6. The van der Waals surface area contributed by atoms with Crippen molar-refractivity contribution in [2.45, 2.75) is 27.9 Å². The number of sulfone groups is 1. The summed E-state index contributed by atoms with van der Waals surface area (Å²) in [7, 11) is -7.21. The highest BCUT2D eigenvalue weighted by Crippen LogP contribution is 2.34. The van der Waals surface area contributed by atoms with E-state index in [-0.39, 0.29) is 20.7 Å². The van der Waals surface area contributed by atoms with Gasteiger partial charge in [0.05, 0.1) is 27.0 Å². The molecule has 130 valence electrons. The molecule has 0 spiro atoms. The molecule has 6 nitrogen and oxygen atoms in total. The number of hydrogen-bond donors (Lipinski definition) is 1. The van der Waals surface area contributed by atoms with Gasteiger partial charge in [-0.1, -0.05) is 6.07 Å². The molecule has 1 aliphatic rings. The number of anilines is 1. The number of hydrogen-bond acceptors (Lipinski definition) is 5. The van der Waals surface area contributed by atoms with Gasteiger partial charge in [-0.3, -0.25) is 4.72 Å². The van der Waals surface area contributed by atoms with Crippen LogP contribution in [0.4, 0.5) is 5.69 Å². The second-order valence-corrected chi connectivity index (χ2v) is 9.91. The molecule has 0 saturated heterocycles. The maximum atomic E-state index is 12.6. The molecule has 25 heavy (non-hydrogen) atoms. The van der Waals surface area contributed by atoms with Crippen LogP contribution in [0.25, 0.3) is 11.0 Å². The summed E-state index contributed by atoms with van der Waals surface area (Å²) in [5.74, 6) is 0. The van der Waals surface area contributed by atoms with Crippen LogP contribution in [-0.2, 0) is 19.9 Å². The zero-order chi connectivity index (χ0) is 17.7. The first-order valence-corrected chi connectivity index (χ1v) is 10.7. The number of fused-ring (bicyclic) bond motifs is 1. The highest BCUT2D eigenvalue weighted by Gasteiger charge is 2.37. The van der Waals surface area contributed by atoms with Crippen LogP contribution in [0, 0.1) is 0 Å². The summed E-state index contributed by atoms with van der Waals surface area (Å²) >= 11 is 0. The smallest absolute Gasteiger partial charge is 0.261 e. The minimum absolute atomic E-state index is 0.0804. The van der Waals surface area contributed by atoms with Gasteiger partial charge in [0, 0.05) is 5.39 Å². The summed E-state index contributed by atoms with van der Waals surface area (Å²) in [6.07, 6.45) is 2.80. The molecular formula is C17H15NO5S2. The van der Waals surface area contributed by atoms with Crippen molar-refractivity contribution in [3.63, 3.8) is 0 Å². The maximum Gasteiger partial charge on any atom is 0.261 e. The van der Waals surface area contributed by atoms with Crippen LogP contribution in [0.1, 0.15) is 12.8 Å². The van der Waals surface area contributed by atoms with E-state index in [1.165, 1.54) is 42.7 Å². The van der Waals surface area contributed by atoms with Gasteiger partial charge in [0.2, 0.25) is 0 Å². The Morgan fingerprint density at radius 1 is 0.920 bits per heavy atom. The Bertz CT molecular complexity index is 1160. The minimum atomic E-state index is -3.84. The molecule has 1 heterocycles. The molecule has 0 atom stereocenters. The van der Waals surface area contributed by atoms with Gasteiger partial charge in [-0.2, -0.15) is 0 Å². The van der Waals surface area contributed by atoms with Crippen LogP contribution < -0.4 is 4.72 Å². The Balaban J connectivity index is 1.66. The summed E-state index contributed by atoms with van der Waals surface area (Å²) in [6.45, 7) is 0. The highest BCUT2D eigenvalue weighted by atomic mass is 32.2. The number of nitrogens with one attached hydrogen (secondary N) is 1. The fraction of sp³-hybridized carbons (Fsp3) is 0.176. The van der Waals surface area contributed by atoms with Gasteiger partial charge in [0.15, 0.2) is 9.84 Å². The molecule has 0 unspecified atom stereocenters. The van der Waals surface area contributed by atoms with Crippen molar-refractivity contribution in [3.8, 4) is 0 Å². The molecule has 1 fully saturated rings. The SMILES string of the molecule is O=S(=O)(Nc1cccc(S(=O)(=O)C2CC2)c1)c1ccc2occc2c1. The molecule has 1 saturated carbocycles. The predicted molar refractivity (Wildman–Crippen MR) is 93.7 cm³/mol. The first-order chi connectivity index (χ1) is 11.9. The molecule has 3 aromatic rings. The van der Waals surface area contributed by atoms with E-state index in [1.54, 1.807) is 12.1 Å². The van der Waals surface area contributed by atoms with Gasteiger partial charge in [0.25, 0.3) is 10.0 Å². The summed E-state index contributed by atoms with van der Waals surface area (Å²) in [6, 6.07) is 12.1. The molecule has 0 radical (unpaired) electrons. The Hall–Kier alpha value is -2.32. The molecule has 1 aliphatic carbocycles. The molecular weight excluding hydrogens is 362 g/mol. The van der Waals surface area contributed by atoms with E-state index in [9.17, 15) is 16.8 Å². The lowest BCUT2D eigenvalue weighted by atomic mass is 10.3. The van der Waals surface area contributed by atoms with E-state index in [2.05, 4.69) is 4.72 Å². The lowest BCUT2D eigenvalue weighted by Gasteiger charge is -2.10. The van der Waals surface area contributed by atoms with Crippen LogP contribution in [0.3, 0.4) is 0 Å². The van der Waals surface area contributed by atoms with Gasteiger partial charge in [0.1, 0.15) is 5.58 Å². The van der Waals surface area contributed by atoms with Gasteiger partial charge >= 0.3 is 0 Å². The van der Waals surface area contributed by atoms with Gasteiger partial charge in [-0.15, -0.1) is 0 Å². The van der Waals surface area contributed by atoms with Crippen molar-refractivity contribution in [1.29, 1.82) is 0 Å². The summed E-state index contributed by atoms with van der Waals surface area (Å²) in [5, 5.41) is 0.329. The van der Waals surface area contributed by atoms with Crippen LogP contribution in [-0.4, -0.2) is 22.1 Å². The Morgan fingerprint density at radius 3 is 2.48 bits per heavy atom. The molecule has 1 N–H and O–H groups in total. The Labute approximate surface area is 145 Å². The molecule has 2 aromatic carbocycles. The summed E-state index contributed by atoms with van der Waals surface area (Å²) in [4.78, 5) is 0.220. The number of sulfonamides is 1. The van der Waals surface area contributed by atoms with Crippen molar-refractivity contribution in [1.82, 2.24) is 0 Å². The van der Waals surface area contributed by atoms with Gasteiger partial charge < -0.3 is 4.42 Å². The third-order valence-corrected chi connectivity index (χ3v) is 7.75. The van der Waals surface area contributed by atoms with E-state index >= 15 is 0 Å². The fourth-order valence-electron chi connectivity index (χ4n) is 2.63. The zero-order valence-electron chi connectivity index (χ0n) is 13.0. The van der Waals surface area contributed by atoms with Crippen LogP contribution >= 0.6 is 0 Å². The minimum Gasteiger partial charge on any atom is -0.464 e. The van der Waals surface area contributed by atoms with Gasteiger partial charge in [-0.25, -0.2) is 16.8 Å². The van der Waals surface area contributed by atoms with E-state index < -0.39 is 19.9 Å². The third-order valence-electron chi connectivity index (χ3n) is 4.11. The van der Waals surface area contributed by atoms with E-state index in [0.29, 0.717) is 23.8 Å². The lowest BCUT2D eigenvalue weighted by molar-refractivity contribution is 0.594. The topological polar surface area (TPSA) is 93.5 Å². The largest absolute Gasteiger partial charge is 0.464 e. The lowest BCUT2D eigenvalue weighted by Crippen LogP contribution is -2.14. The van der Waals surface area contributed by atoms with Crippen molar-refractivity contribution in [3.05, 3.63) is 54.8 Å². The summed E-state index contributed by atoms with van der Waals surface area (Å²) in [5.41, 5.74) is 0.811. The van der Waals surface area contributed by atoms with Crippen molar-refractivity contribution >= 4 is 36.5 Å². The summed E-state index contributed by atoms with van der Waals surface area (Å²) < 4.78 is 57.4. The monoisotopic (exact) mass is 377 g/mol. The van der Waals surface area contributed by atoms with Gasteiger partial charge in [-0.05, 0) is 55.3 Å². The molecule has 0 bridgehead atoms. The zero-order valence-corrected chi connectivity index (χ0v) is 14.7. The first kappa shape index (κ1) is 16.2. The number of benzene rings is 2. The van der Waals surface area contributed by atoms with Crippen molar-refractivity contribution < 1.29 is 21.3 Å². The first-order valence-electron chi connectivity index (χ1n) is 7.70. The molecule has 4 rings (SSSR count). The van der Waals surface area contributed by atoms with Crippen molar-refractivity contribution in [2.24, 2.45) is 0 Å². The Morgan fingerprint density at radius 2 is 1.72 bits per heavy atom. The molecule has 1 aromatic heterocycles. The van der Waals surface area contributed by atoms with E-state index in [4.69, 9.17) is 4.42 Å². The highest BCUT2D eigenvalue weighted by molar-refractivity contribution is 7.93. The molecule has 0 amide bonds. The second kappa shape index (κ2) is 5.60. The van der Waals surface area contributed by atoms with Crippen LogP contribution in [0.5, 0.6) is 0 Å². The Kier molecular flexibility index (Phi) is 3.62. The van der Waals surface area contributed by atoms with E-state index in [1.807, 2.05) is 0 Å². The normalized spacial score (nSPS) is 15.4.